The van der Waals surface area contributed by atoms with E-state index >= 15 is 0 Å². The van der Waals surface area contributed by atoms with E-state index in [1.807, 2.05) is 0 Å². The number of aliphatic hydroxyl groups excluding tert-OH is 1. The van der Waals surface area contributed by atoms with Gasteiger partial charge >= 0.3 is 39.5 Å². The van der Waals surface area contributed by atoms with Crippen LogP contribution in [-0.4, -0.2) is 96.7 Å². The predicted octanol–water partition coefficient (Wildman–Crippen LogP) is 20.6. The van der Waals surface area contributed by atoms with Gasteiger partial charge in [0.05, 0.1) is 26.4 Å². The van der Waals surface area contributed by atoms with E-state index in [0.717, 1.165) is 127 Å². The number of carbonyl (C=O) groups excluding carboxylic acids is 4. The summed E-state index contributed by atoms with van der Waals surface area (Å²) in [5, 5.41) is 10.6. The van der Waals surface area contributed by atoms with Crippen molar-refractivity contribution in [2.45, 2.75) is 362 Å². The number of phosphoric ester groups is 2. The number of unbranched alkanes of at least 4 members (excludes halogenated alkanes) is 32. The first-order valence-electron chi connectivity index (χ1n) is 37.2. The molecule has 3 N–H and O–H groups in total. The molecule has 92 heavy (non-hydrogen) atoms. The normalized spacial score (nSPS) is 14.9. The van der Waals surface area contributed by atoms with Gasteiger partial charge in [0, 0.05) is 25.7 Å². The van der Waals surface area contributed by atoms with Crippen LogP contribution in [0.5, 0.6) is 0 Å². The van der Waals surface area contributed by atoms with Crippen molar-refractivity contribution < 1.29 is 80.2 Å². The quantitative estimate of drug-likeness (QED) is 0.0169. The van der Waals surface area contributed by atoms with Crippen LogP contribution in [0.2, 0.25) is 0 Å². The van der Waals surface area contributed by atoms with E-state index in [-0.39, 0.29) is 25.7 Å². The zero-order chi connectivity index (χ0) is 68.0. The number of hydrogen-bond acceptors (Lipinski definition) is 15. The van der Waals surface area contributed by atoms with Gasteiger partial charge in [-0.2, -0.15) is 0 Å². The van der Waals surface area contributed by atoms with E-state index < -0.39 is 97.5 Å². The molecule has 0 saturated carbocycles. The molecule has 0 aromatic heterocycles. The van der Waals surface area contributed by atoms with Crippen LogP contribution in [0.3, 0.4) is 0 Å². The second kappa shape index (κ2) is 63.3. The summed E-state index contributed by atoms with van der Waals surface area (Å²) in [6, 6.07) is 0. The van der Waals surface area contributed by atoms with Gasteiger partial charge in [-0.15, -0.1) is 0 Å². The maximum Gasteiger partial charge on any atom is 0.472 e. The summed E-state index contributed by atoms with van der Waals surface area (Å²) in [5.74, 6) is 0.132. The zero-order valence-corrected chi connectivity index (χ0v) is 61.3. The first kappa shape index (κ1) is 89.5. The van der Waals surface area contributed by atoms with Crippen molar-refractivity contribution in [3.05, 3.63) is 24.3 Å². The summed E-state index contributed by atoms with van der Waals surface area (Å²) in [6.45, 7) is 11.8. The second-order valence-corrected chi connectivity index (χ2v) is 29.5. The Balaban J connectivity index is 5.30. The lowest BCUT2D eigenvalue weighted by atomic mass is 9.99. The molecule has 0 spiro atoms. The number of rotatable bonds is 69. The highest BCUT2D eigenvalue weighted by Crippen LogP contribution is 2.45. The molecule has 0 rings (SSSR count). The Labute approximate surface area is 561 Å². The van der Waals surface area contributed by atoms with Crippen molar-refractivity contribution in [2.24, 2.45) is 17.8 Å². The summed E-state index contributed by atoms with van der Waals surface area (Å²) in [5.41, 5.74) is 0. The van der Waals surface area contributed by atoms with Crippen molar-refractivity contribution in [1.82, 2.24) is 0 Å². The monoisotopic (exact) mass is 1350 g/mol. The molecule has 542 valence electrons. The molecule has 0 heterocycles. The van der Waals surface area contributed by atoms with E-state index in [2.05, 4.69) is 72.8 Å². The van der Waals surface area contributed by atoms with E-state index in [1.54, 1.807) is 0 Å². The minimum atomic E-state index is -4.96. The van der Waals surface area contributed by atoms with Gasteiger partial charge in [-0.05, 0) is 69.1 Å². The number of esters is 4. The van der Waals surface area contributed by atoms with Gasteiger partial charge in [-0.25, -0.2) is 9.13 Å². The smallest absolute Gasteiger partial charge is 0.462 e. The second-order valence-electron chi connectivity index (χ2n) is 26.6. The maximum atomic E-state index is 13.0. The fourth-order valence-electron chi connectivity index (χ4n) is 10.5. The van der Waals surface area contributed by atoms with Crippen LogP contribution in [0.15, 0.2) is 24.3 Å². The van der Waals surface area contributed by atoms with Crippen LogP contribution in [0.25, 0.3) is 0 Å². The lowest BCUT2D eigenvalue weighted by Gasteiger charge is -2.21. The van der Waals surface area contributed by atoms with Crippen molar-refractivity contribution in [1.29, 1.82) is 0 Å². The van der Waals surface area contributed by atoms with Crippen molar-refractivity contribution in [2.75, 3.05) is 39.6 Å². The minimum Gasteiger partial charge on any atom is -0.462 e. The summed E-state index contributed by atoms with van der Waals surface area (Å²) in [7, 11) is -9.92. The first-order chi connectivity index (χ1) is 44.3. The molecular formula is C73H138O17P2. The number of hydrogen-bond donors (Lipinski definition) is 3. The van der Waals surface area contributed by atoms with E-state index in [4.69, 9.17) is 37.0 Å². The lowest BCUT2D eigenvalue weighted by Crippen LogP contribution is -2.30. The van der Waals surface area contributed by atoms with Crippen LogP contribution < -0.4 is 0 Å². The average molecular weight is 1350 g/mol. The average Bonchev–Trinajstić information content (AvgIpc) is 1.79. The Morgan fingerprint density at radius 2 is 0.641 bits per heavy atom. The number of phosphoric acid groups is 2. The summed E-state index contributed by atoms with van der Waals surface area (Å²) in [6.07, 6.45) is 50.7. The van der Waals surface area contributed by atoms with Crippen LogP contribution in [0.4, 0.5) is 0 Å². The van der Waals surface area contributed by atoms with Crippen molar-refractivity contribution in [3.63, 3.8) is 0 Å². The van der Waals surface area contributed by atoms with Crippen LogP contribution in [0, 0.1) is 17.8 Å². The molecule has 0 fully saturated rings. The molecule has 0 bridgehead atoms. The number of ether oxygens (including phenoxy) is 4. The summed E-state index contributed by atoms with van der Waals surface area (Å²) in [4.78, 5) is 72.7. The molecule has 7 atom stereocenters. The Morgan fingerprint density at radius 1 is 0.359 bits per heavy atom. The van der Waals surface area contributed by atoms with Crippen molar-refractivity contribution >= 4 is 39.5 Å². The van der Waals surface area contributed by atoms with Crippen LogP contribution in [-0.2, 0) is 65.4 Å². The third-order valence-corrected chi connectivity index (χ3v) is 18.9. The SMILES string of the molecule is CCCCCC/C=C\C=C/CCCCCCCC(=O)O[C@H](COC(=O)CCCCCCCCC(C)CC)COP(=O)(O)OC[C@H](O)COP(=O)(O)OC[C@@H](COC(=O)CCCCCCCCCCCCC(C)C)OC(=O)CCCCCCCCCCCCC(C)CC. The molecule has 0 aromatic carbocycles. The van der Waals surface area contributed by atoms with Gasteiger partial charge in [0.1, 0.15) is 19.3 Å². The summed E-state index contributed by atoms with van der Waals surface area (Å²) < 4.78 is 68.4. The molecule has 0 aromatic rings. The van der Waals surface area contributed by atoms with Gasteiger partial charge in [0.15, 0.2) is 12.2 Å². The third kappa shape index (κ3) is 63.6. The minimum absolute atomic E-state index is 0.0837. The first-order valence-corrected chi connectivity index (χ1v) is 40.2. The van der Waals surface area contributed by atoms with Gasteiger partial charge in [-0.3, -0.25) is 37.3 Å². The number of aliphatic hydroxyl groups is 1. The molecule has 19 heteroatoms. The molecule has 0 saturated heterocycles. The zero-order valence-electron chi connectivity index (χ0n) is 59.5. The molecule has 4 unspecified atom stereocenters. The van der Waals surface area contributed by atoms with E-state index in [9.17, 15) is 43.2 Å². The molecule has 17 nitrogen and oxygen atoms in total. The largest absolute Gasteiger partial charge is 0.472 e. The topological polar surface area (TPSA) is 237 Å². The standard InChI is InChI=1S/C73H138O17P2/c1-8-11-12-13-14-15-16-17-18-19-20-28-33-42-49-56-72(77)90-69(61-84-71(76)55-48-41-36-35-39-46-53-66(7)10-3)63-88-92(81,82)86-59-67(74)58-85-91(79,80)87-62-68(60-83-70(75)54-47-40-32-27-23-21-25-30-37-44-51-64(4)5)89-73(78)57-50-43-34-29-24-22-26-31-38-45-52-65(6)9-2/h15-18,64-69,74H,8-14,19-63H2,1-7H3,(H,79,80)(H,81,82)/b16-15-,18-17-/t65?,66?,67-,68-,69-/m1/s1. The number of allylic oxidation sites excluding steroid dienone is 4. The molecule has 0 aliphatic rings. The van der Waals surface area contributed by atoms with Gasteiger partial charge in [0.2, 0.25) is 0 Å². The molecule has 0 amide bonds. The van der Waals surface area contributed by atoms with E-state index in [0.29, 0.717) is 25.7 Å². The van der Waals surface area contributed by atoms with Gasteiger partial charge < -0.3 is 33.8 Å². The molecular weight excluding hydrogens is 1210 g/mol. The van der Waals surface area contributed by atoms with Crippen molar-refractivity contribution in [3.8, 4) is 0 Å². The van der Waals surface area contributed by atoms with Crippen LogP contribution >= 0.6 is 15.6 Å². The van der Waals surface area contributed by atoms with Crippen LogP contribution in [0.1, 0.15) is 344 Å². The Kier molecular flexibility index (Phi) is 61.6. The lowest BCUT2D eigenvalue weighted by molar-refractivity contribution is -0.161. The Morgan fingerprint density at radius 3 is 0.967 bits per heavy atom. The number of carbonyl (C=O) groups is 4. The Bertz CT molecular complexity index is 1900. The fourth-order valence-corrected chi connectivity index (χ4v) is 12.0. The highest BCUT2D eigenvalue weighted by Gasteiger charge is 2.30. The fraction of sp³-hybridized carbons (Fsp3) is 0.890. The van der Waals surface area contributed by atoms with Gasteiger partial charge in [-0.1, -0.05) is 291 Å². The van der Waals surface area contributed by atoms with Gasteiger partial charge in [0.25, 0.3) is 0 Å². The molecule has 0 aliphatic carbocycles. The molecule has 0 aliphatic heterocycles. The maximum absolute atomic E-state index is 13.0. The highest BCUT2D eigenvalue weighted by molar-refractivity contribution is 7.47. The predicted molar refractivity (Wildman–Crippen MR) is 372 cm³/mol. The third-order valence-electron chi connectivity index (χ3n) is 17.0. The Hall–Kier alpha value is -2.46. The highest BCUT2D eigenvalue weighted by atomic mass is 31.2. The molecule has 0 radical (unpaired) electrons. The van der Waals surface area contributed by atoms with E-state index in [1.165, 1.54) is 135 Å². The summed E-state index contributed by atoms with van der Waals surface area (Å²) >= 11 is 0.